The summed E-state index contributed by atoms with van der Waals surface area (Å²) in [5, 5.41) is 2.73. The van der Waals surface area contributed by atoms with Gasteiger partial charge in [-0.3, -0.25) is 4.79 Å². The fraction of sp³-hybridized carbons (Fsp3) is 0.381. The summed E-state index contributed by atoms with van der Waals surface area (Å²) in [7, 11) is 1.90. The number of likely N-dealkylation sites (N-methyl/N-ethyl adjacent to an activating group) is 1. The van der Waals surface area contributed by atoms with E-state index >= 15 is 0 Å². The van der Waals surface area contributed by atoms with Crippen LogP contribution in [0.1, 0.15) is 6.92 Å². The molecule has 2 aromatic carbocycles. The Labute approximate surface area is 182 Å². The van der Waals surface area contributed by atoms with Crippen LogP contribution >= 0.6 is 0 Å². The van der Waals surface area contributed by atoms with E-state index < -0.39 is 15.9 Å². The van der Waals surface area contributed by atoms with Gasteiger partial charge in [0.2, 0.25) is 15.9 Å². The van der Waals surface area contributed by atoms with E-state index in [1.54, 1.807) is 38.3 Å². The predicted molar refractivity (Wildman–Crippen MR) is 115 cm³/mol. The molecule has 0 heterocycles. The molecule has 0 aliphatic rings. The summed E-state index contributed by atoms with van der Waals surface area (Å²) in [6, 6.07) is 11.0. The predicted octanol–water partition coefficient (Wildman–Crippen LogP) is 1.92. The third-order valence-corrected chi connectivity index (χ3v) is 6.20. The number of rotatable bonds is 11. The Balaban J connectivity index is 1.92. The van der Waals surface area contributed by atoms with Crippen molar-refractivity contribution < 1.29 is 32.2 Å². The first-order valence-electron chi connectivity index (χ1n) is 9.45. The minimum absolute atomic E-state index is 0.00339. The second kappa shape index (κ2) is 10.9. The third kappa shape index (κ3) is 6.50. The number of methoxy groups -OCH3 is 3. The average molecular weight is 453 g/mol. The van der Waals surface area contributed by atoms with Crippen LogP contribution in [-0.4, -0.2) is 66.2 Å². The van der Waals surface area contributed by atoms with Crippen LogP contribution in [0.25, 0.3) is 0 Å². The van der Waals surface area contributed by atoms with Gasteiger partial charge in [0.25, 0.3) is 0 Å². The molecule has 0 aliphatic carbocycles. The van der Waals surface area contributed by atoms with Gasteiger partial charge in [-0.15, -0.1) is 0 Å². The zero-order chi connectivity index (χ0) is 23.0. The molecule has 31 heavy (non-hydrogen) atoms. The van der Waals surface area contributed by atoms with E-state index in [2.05, 4.69) is 5.32 Å². The maximum absolute atomic E-state index is 12.8. The lowest BCUT2D eigenvalue weighted by Crippen LogP contribution is -2.43. The maximum Gasteiger partial charge on any atom is 0.243 e. The number of carbonyl (C=O) groups excluding carboxylic acids is 1. The van der Waals surface area contributed by atoms with Gasteiger partial charge in [0.15, 0.2) is 11.5 Å². The fourth-order valence-electron chi connectivity index (χ4n) is 2.70. The van der Waals surface area contributed by atoms with Crippen molar-refractivity contribution in [3.63, 3.8) is 0 Å². The summed E-state index contributed by atoms with van der Waals surface area (Å²) < 4.78 is 47.6. The molecule has 2 rings (SSSR count). The highest BCUT2D eigenvalue weighted by Gasteiger charge is 2.25. The number of hydrogen-bond donors (Lipinski definition) is 1. The van der Waals surface area contributed by atoms with Gasteiger partial charge in [0.1, 0.15) is 18.1 Å². The summed E-state index contributed by atoms with van der Waals surface area (Å²) in [5.74, 6) is 1.60. The van der Waals surface area contributed by atoms with Gasteiger partial charge in [0.05, 0.1) is 38.8 Å². The topological polar surface area (TPSA) is 103 Å². The summed E-state index contributed by atoms with van der Waals surface area (Å²) in [4.78, 5) is 12.3. The highest BCUT2D eigenvalue weighted by atomic mass is 32.2. The van der Waals surface area contributed by atoms with E-state index in [0.29, 0.717) is 17.2 Å². The number of amides is 1. The molecule has 1 amide bonds. The molecular formula is C21H28N2O7S. The van der Waals surface area contributed by atoms with Crippen LogP contribution in [0.3, 0.4) is 0 Å². The molecule has 0 fully saturated rings. The van der Waals surface area contributed by atoms with E-state index in [0.717, 1.165) is 4.31 Å². The zero-order valence-electron chi connectivity index (χ0n) is 18.2. The van der Waals surface area contributed by atoms with Crippen molar-refractivity contribution in [2.45, 2.75) is 17.9 Å². The lowest BCUT2D eigenvalue weighted by atomic mass is 10.3. The highest BCUT2D eigenvalue weighted by molar-refractivity contribution is 7.89. The van der Waals surface area contributed by atoms with Crippen LogP contribution < -0.4 is 24.3 Å². The molecule has 0 saturated carbocycles. The van der Waals surface area contributed by atoms with Gasteiger partial charge >= 0.3 is 0 Å². The van der Waals surface area contributed by atoms with Crippen molar-refractivity contribution in [2.24, 2.45) is 0 Å². The smallest absolute Gasteiger partial charge is 0.243 e. The van der Waals surface area contributed by atoms with Gasteiger partial charge in [0, 0.05) is 13.1 Å². The standard InChI is InChI=1S/C21H28N2O7S/c1-15(14-30-17-8-6-16(27-3)7-9-17)22-21(24)13-23(2)31(25,26)18-10-11-19(28-4)20(12-18)29-5/h6-12,15H,13-14H2,1-5H3,(H,22,24). The molecule has 10 heteroatoms. The second-order valence-electron chi connectivity index (χ2n) is 6.73. The molecule has 0 radical (unpaired) electrons. The molecular weight excluding hydrogens is 424 g/mol. The van der Waals surface area contributed by atoms with Gasteiger partial charge in [-0.05, 0) is 43.3 Å². The average Bonchev–Trinajstić information content (AvgIpc) is 2.77. The van der Waals surface area contributed by atoms with Crippen LogP contribution in [0.15, 0.2) is 47.4 Å². The summed E-state index contributed by atoms with van der Waals surface area (Å²) in [5.41, 5.74) is 0. The Hall–Kier alpha value is -2.98. The Morgan fingerprint density at radius 1 is 0.968 bits per heavy atom. The lowest BCUT2D eigenvalue weighted by Gasteiger charge is -2.20. The Kier molecular flexibility index (Phi) is 8.52. The van der Waals surface area contributed by atoms with E-state index in [4.69, 9.17) is 18.9 Å². The molecule has 2 aromatic rings. The van der Waals surface area contributed by atoms with Crippen molar-refractivity contribution in [1.29, 1.82) is 0 Å². The second-order valence-corrected chi connectivity index (χ2v) is 8.78. The third-order valence-electron chi connectivity index (χ3n) is 4.40. The van der Waals surface area contributed by atoms with Gasteiger partial charge in [-0.1, -0.05) is 0 Å². The zero-order valence-corrected chi connectivity index (χ0v) is 19.1. The van der Waals surface area contributed by atoms with Crippen LogP contribution in [0.4, 0.5) is 0 Å². The SMILES string of the molecule is COc1ccc(OCC(C)NC(=O)CN(C)S(=O)(=O)c2ccc(OC)c(OC)c2)cc1. The summed E-state index contributed by atoms with van der Waals surface area (Å²) in [6.07, 6.45) is 0. The van der Waals surface area contributed by atoms with E-state index in [9.17, 15) is 13.2 Å². The number of benzene rings is 2. The van der Waals surface area contributed by atoms with Gasteiger partial charge < -0.3 is 24.3 Å². The first-order chi connectivity index (χ1) is 14.7. The lowest BCUT2D eigenvalue weighted by molar-refractivity contribution is -0.121. The summed E-state index contributed by atoms with van der Waals surface area (Å²) in [6.45, 7) is 1.65. The normalized spacial score (nSPS) is 12.2. The van der Waals surface area contributed by atoms with Gasteiger partial charge in [-0.2, -0.15) is 4.31 Å². The minimum atomic E-state index is -3.90. The monoisotopic (exact) mass is 452 g/mol. The fourth-order valence-corrected chi connectivity index (χ4v) is 3.84. The van der Waals surface area contributed by atoms with E-state index in [-0.39, 0.29) is 29.8 Å². The molecule has 9 nitrogen and oxygen atoms in total. The van der Waals surface area contributed by atoms with Crippen LogP contribution in [0.5, 0.6) is 23.0 Å². The molecule has 1 atom stereocenters. The Morgan fingerprint density at radius 2 is 1.58 bits per heavy atom. The maximum atomic E-state index is 12.8. The van der Waals surface area contributed by atoms with Crippen LogP contribution in [0.2, 0.25) is 0 Å². The number of nitrogens with one attached hydrogen (secondary N) is 1. The number of ether oxygens (including phenoxy) is 4. The quantitative estimate of drug-likeness (QED) is 0.556. The molecule has 0 spiro atoms. The minimum Gasteiger partial charge on any atom is -0.497 e. The molecule has 1 unspecified atom stereocenters. The first kappa shape index (κ1) is 24.3. The summed E-state index contributed by atoms with van der Waals surface area (Å²) >= 11 is 0. The number of nitrogens with zero attached hydrogens (tertiary/aromatic N) is 1. The van der Waals surface area contributed by atoms with Crippen LogP contribution in [-0.2, 0) is 14.8 Å². The van der Waals surface area contributed by atoms with Crippen molar-refractivity contribution in [3.8, 4) is 23.0 Å². The molecule has 0 bridgehead atoms. The largest absolute Gasteiger partial charge is 0.497 e. The van der Waals surface area contributed by atoms with Crippen molar-refractivity contribution in [1.82, 2.24) is 9.62 Å². The van der Waals surface area contributed by atoms with Crippen LogP contribution in [0, 0.1) is 0 Å². The Morgan fingerprint density at radius 3 is 2.16 bits per heavy atom. The van der Waals surface area contributed by atoms with E-state index in [1.165, 1.54) is 39.5 Å². The molecule has 0 aliphatic heterocycles. The van der Waals surface area contributed by atoms with Crippen molar-refractivity contribution in [3.05, 3.63) is 42.5 Å². The van der Waals surface area contributed by atoms with E-state index in [1.807, 2.05) is 0 Å². The number of sulfonamides is 1. The van der Waals surface area contributed by atoms with Crippen molar-refractivity contribution >= 4 is 15.9 Å². The van der Waals surface area contributed by atoms with Crippen molar-refractivity contribution in [2.75, 3.05) is 41.5 Å². The molecule has 0 aromatic heterocycles. The van der Waals surface area contributed by atoms with Gasteiger partial charge in [-0.25, -0.2) is 8.42 Å². The Bertz CT molecular complexity index is 978. The highest BCUT2D eigenvalue weighted by Crippen LogP contribution is 2.30. The molecule has 170 valence electrons. The number of carbonyl (C=O) groups is 1. The molecule has 0 saturated heterocycles. The first-order valence-corrected chi connectivity index (χ1v) is 10.9. The molecule has 1 N–H and O–H groups in total. The number of hydrogen-bond acceptors (Lipinski definition) is 7.